The summed E-state index contributed by atoms with van der Waals surface area (Å²) in [7, 11) is 0. The Balaban J connectivity index is 1.91. The molecule has 0 aliphatic heterocycles. The van der Waals surface area contributed by atoms with Crippen LogP contribution in [0.5, 0.6) is 0 Å². The molecule has 4 aromatic rings. The summed E-state index contributed by atoms with van der Waals surface area (Å²) in [6.07, 6.45) is 1.93. The monoisotopic (exact) mass is 404 g/mol. The maximum Gasteiger partial charge on any atom is 0.0283 e. The van der Waals surface area contributed by atoms with Gasteiger partial charge in [0, 0.05) is 5.41 Å². The van der Waals surface area contributed by atoms with Crippen molar-refractivity contribution >= 4 is 0 Å². The average Bonchev–Trinajstić information content (AvgIpc) is 2.77. The maximum atomic E-state index is 2.33. The fraction of sp³-hybridized carbons (Fsp3) is 0.226. The first-order chi connectivity index (χ1) is 14.9. The van der Waals surface area contributed by atoms with E-state index in [4.69, 9.17) is 0 Å². The Morgan fingerprint density at radius 1 is 0.387 bits per heavy atom. The maximum absolute atomic E-state index is 2.33. The van der Waals surface area contributed by atoms with Crippen LogP contribution in [0.25, 0.3) is 0 Å². The minimum absolute atomic E-state index is 0.133. The van der Waals surface area contributed by atoms with Crippen molar-refractivity contribution in [2.24, 2.45) is 0 Å². The molecular weight excluding hydrogens is 372 g/mol. The molecule has 0 fully saturated rings. The standard InChI is InChI=1S/C31H32/c1-23-5-13-27(14-6-23)21-31(29-17-9-25(3)10-18-29,30-19-11-26(4)12-20-30)22-28-15-7-24(2)8-16-28/h5-20H,21-22H2,1-4H3. The molecule has 0 saturated carbocycles. The fourth-order valence-electron chi connectivity index (χ4n) is 4.49. The van der Waals surface area contributed by atoms with Crippen molar-refractivity contribution in [3.8, 4) is 0 Å². The lowest BCUT2D eigenvalue weighted by atomic mass is 9.66. The summed E-state index contributed by atoms with van der Waals surface area (Å²) in [5.74, 6) is 0. The fourth-order valence-corrected chi connectivity index (χ4v) is 4.49. The summed E-state index contributed by atoms with van der Waals surface area (Å²) in [6, 6.07) is 36.4. The van der Waals surface area contributed by atoms with E-state index in [-0.39, 0.29) is 5.41 Å². The van der Waals surface area contributed by atoms with E-state index in [1.54, 1.807) is 0 Å². The molecule has 0 bridgehead atoms. The van der Waals surface area contributed by atoms with Crippen molar-refractivity contribution in [1.29, 1.82) is 0 Å². The molecule has 0 aliphatic carbocycles. The van der Waals surface area contributed by atoms with Crippen LogP contribution in [-0.4, -0.2) is 0 Å². The molecule has 4 rings (SSSR count). The Morgan fingerprint density at radius 3 is 0.935 bits per heavy atom. The minimum atomic E-state index is -0.133. The zero-order valence-electron chi connectivity index (χ0n) is 19.2. The van der Waals surface area contributed by atoms with Crippen molar-refractivity contribution in [2.45, 2.75) is 46.0 Å². The number of benzene rings is 4. The SMILES string of the molecule is Cc1ccc(CC(Cc2ccc(C)cc2)(c2ccc(C)cc2)c2ccc(C)cc2)cc1. The van der Waals surface area contributed by atoms with E-state index in [2.05, 4.69) is 125 Å². The van der Waals surface area contributed by atoms with Crippen LogP contribution in [0.3, 0.4) is 0 Å². The van der Waals surface area contributed by atoms with Gasteiger partial charge in [0.05, 0.1) is 0 Å². The molecule has 0 heteroatoms. The highest BCUT2D eigenvalue weighted by Crippen LogP contribution is 2.39. The molecule has 0 amide bonds. The molecular formula is C31H32. The van der Waals surface area contributed by atoms with Crippen LogP contribution in [0.1, 0.15) is 44.5 Å². The zero-order valence-corrected chi connectivity index (χ0v) is 19.2. The van der Waals surface area contributed by atoms with Gasteiger partial charge in [-0.1, -0.05) is 119 Å². The zero-order chi connectivity index (χ0) is 21.8. The van der Waals surface area contributed by atoms with Gasteiger partial charge in [0.25, 0.3) is 0 Å². The number of hydrogen-bond acceptors (Lipinski definition) is 0. The van der Waals surface area contributed by atoms with Crippen LogP contribution in [0.4, 0.5) is 0 Å². The largest absolute Gasteiger partial charge is 0.0591 e. The van der Waals surface area contributed by atoms with Crippen molar-refractivity contribution in [3.05, 3.63) is 142 Å². The van der Waals surface area contributed by atoms with E-state index in [1.807, 2.05) is 0 Å². The molecule has 0 unspecified atom stereocenters. The average molecular weight is 405 g/mol. The Morgan fingerprint density at radius 2 is 0.645 bits per heavy atom. The van der Waals surface area contributed by atoms with Gasteiger partial charge in [-0.25, -0.2) is 0 Å². The van der Waals surface area contributed by atoms with Gasteiger partial charge in [-0.15, -0.1) is 0 Å². The highest BCUT2D eigenvalue weighted by molar-refractivity contribution is 5.46. The van der Waals surface area contributed by atoms with E-state index >= 15 is 0 Å². The normalized spacial score (nSPS) is 11.5. The van der Waals surface area contributed by atoms with Crippen molar-refractivity contribution in [2.75, 3.05) is 0 Å². The summed E-state index contributed by atoms with van der Waals surface area (Å²) < 4.78 is 0. The van der Waals surface area contributed by atoms with Gasteiger partial charge in [0.1, 0.15) is 0 Å². The lowest BCUT2D eigenvalue weighted by Crippen LogP contribution is -2.33. The first-order valence-corrected chi connectivity index (χ1v) is 11.2. The third kappa shape index (κ3) is 4.80. The molecule has 0 nitrogen and oxygen atoms in total. The van der Waals surface area contributed by atoms with E-state index in [0.29, 0.717) is 0 Å². The van der Waals surface area contributed by atoms with Gasteiger partial charge in [-0.05, 0) is 62.8 Å². The Kier molecular flexibility index (Phi) is 6.09. The minimum Gasteiger partial charge on any atom is -0.0591 e. The summed E-state index contributed by atoms with van der Waals surface area (Å²) >= 11 is 0. The quantitative estimate of drug-likeness (QED) is 0.309. The van der Waals surface area contributed by atoms with Crippen LogP contribution < -0.4 is 0 Å². The van der Waals surface area contributed by atoms with Gasteiger partial charge in [-0.2, -0.15) is 0 Å². The summed E-state index contributed by atoms with van der Waals surface area (Å²) in [4.78, 5) is 0. The van der Waals surface area contributed by atoms with Crippen molar-refractivity contribution < 1.29 is 0 Å². The number of aryl methyl sites for hydroxylation is 4. The second-order valence-electron chi connectivity index (χ2n) is 9.14. The molecule has 156 valence electrons. The molecule has 0 atom stereocenters. The Bertz CT molecular complexity index is 1020. The molecule has 0 saturated heterocycles. The Labute approximate surface area is 187 Å². The van der Waals surface area contributed by atoms with Crippen LogP contribution in [-0.2, 0) is 18.3 Å². The molecule has 0 N–H and O–H groups in total. The smallest absolute Gasteiger partial charge is 0.0283 e. The molecule has 0 heterocycles. The lowest BCUT2D eigenvalue weighted by Gasteiger charge is -2.36. The molecule has 0 radical (unpaired) electrons. The van der Waals surface area contributed by atoms with Crippen LogP contribution >= 0.6 is 0 Å². The number of rotatable bonds is 6. The van der Waals surface area contributed by atoms with Gasteiger partial charge in [0.2, 0.25) is 0 Å². The van der Waals surface area contributed by atoms with Gasteiger partial charge < -0.3 is 0 Å². The summed E-state index contributed by atoms with van der Waals surface area (Å²) in [5.41, 5.74) is 10.6. The van der Waals surface area contributed by atoms with Gasteiger partial charge >= 0.3 is 0 Å². The molecule has 0 aliphatic rings. The summed E-state index contributed by atoms with van der Waals surface area (Å²) in [6.45, 7) is 8.64. The van der Waals surface area contributed by atoms with Gasteiger partial charge in [0.15, 0.2) is 0 Å². The second-order valence-corrected chi connectivity index (χ2v) is 9.14. The van der Waals surface area contributed by atoms with E-state index in [1.165, 1.54) is 44.5 Å². The van der Waals surface area contributed by atoms with Crippen molar-refractivity contribution in [1.82, 2.24) is 0 Å². The van der Waals surface area contributed by atoms with Crippen LogP contribution in [0.2, 0.25) is 0 Å². The first kappa shape index (κ1) is 21.1. The Hall–Kier alpha value is -3.12. The molecule has 0 aromatic heterocycles. The molecule has 0 spiro atoms. The van der Waals surface area contributed by atoms with E-state index < -0.39 is 0 Å². The third-order valence-electron chi connectivity index (χ3n) is 6.46. The lowest BCUT2D eigenvalue weighted by molar-refractivity contribution is 0.506. The highest BCUT2D eigenvalue weighted by atomic mass is 14.4. The van der Waals surface area contributed by atoms with E-state index in [0.717, 1.165) is 12.8 Å². The van der Waals surface area contributed by atoms with E-state index in [9.17, 15) is 0 Å². The van der Waals surface area contributed by atoms with Crippen LogP contribution in [0, 0.1) is 27.7 Å². The number of hydrogen-bond donors (Lipinski definition) is 0. The highest BCUT2D eigenvalue weighted by Gasteiger charge is 2.35. The van der Waals surface area contributed by atoms with Crippen LogP contribution in [0.15, 0.2) is 97.1 Å². The van der Waals surface area contributed by atoms with Crippen molar-refractivity contribution in [3.63, 3.8) is 0 Å². The molecule has 31 heavy (non-hydrogen) atoms. The second kappa shape index (κ2) is 8.94. The first-order valence-electron chi connectivity index (χ1n) is 11.2. The predicted octanol–water partition coefficient (Wildman–Crippen LogP) is 7.69. The topological polar surface area (TPSA) is 0 Å². The molecule has 4 aromatic carbocycles. The predicted molar refractivity (Wildman–Crippen MR) is 133 cm³/mol. The summed E-state index contributed by atoms with van der Waals surface area (Å²) in [5, 5.41) is 0. The van der Waals surface area contributed by atoms with Gasteiger partial charge in [-0.3, -0.25) is 0 Å². The third-order valence-corrected chi connectivity index (χ3v) is 6.46.